The number of Topliss-reactive ketones (excluding diaryl/α,β-unsaturated/α-hetero) is 2. The quantitative estimate of drug-likeness (QED) is 0.0263. The number of fused-ring (bicyclic) bond motifs is 1. The van der Waals surface area contributed by atoms with E-state index in [1.165, 1.54) is 6.20 Å². The van der Waals surface area contributed by atoms with E-state index in [2.05, 4.69) is 30.0 Å². The van der Waals surface area contributed by atoms with Gasteiger partial charge in [-0.25, -0.2) is 23.5 Å². The third kappa shape index (κ3) is 23.2. The number of rotatable bonds is 38. The van der Waals surface area contributed by atoms with Gasteiger partial charge in [0.05, 0.1) is 71.5 Å². The minimum Gasteiger partial charge on any atom is -0.494 e. The molecule has 1 unspecified atom stereocenters. The van der Waals surface area contributed by atoms with Crippen LogP contribution in [0.15, 0.2) is 35.3 Å². The number of anilines is 1. The summed E-state index contributed by atoms with van der Waals surface area (Å²) in [5.74, 6) is 1.65. The van der Waals surface area contributed by atoms with Crippen molar-refractivity contribution in [2.45, 2.75) is 119 Å². The molecule has 1 aromatic carbocycles. The van der Waals surface area contributed by atoms with Crippen LogP contribution in [0.5, 0.6) is 5.75 Å². The number of unbranched alkanes of at least 4 members (excludes halogenated alkanes) is 1. The molecular formula is C45H70N6O21P2S. The van der Waals surface area contributed by atoms with Crippen molar-refractivity contribution in [2.75, 3.05) is 84.1 Å². The number of aryl methyl sites for hydroxylation is 1. The number of phosphoric ester groups is 2. The number of aromatic nitrogens is 2. The van der Waals surface area contributed by atoms with Gasteiger partial charge in [-0.3, -0.25) is 23.2 Å². The zero-order chi connectivity index (χ0) is 54.2. The Labute approximate surface area is 437 Å². The molecule has 27 nitrogen and oxygen atoms in total. The van der Waals surface area contributed by atoms with Crippen molar-refractivity contribution < 1.29 is 95.2 Å². The van der Waals surface area contributed by atoms with Gasteiger partial charge in [-0.1, -0.05) is 18.6 Å². The topological polar surface area (TPSA) is 384 Å². The summed E-state index contributed by atoms with van der Waals surface area (Å²) in [6, 6.07) is 7.23. The van der Waals surface area contributed by atoms with Gasteiger partial charge in [-0.15, -0.1) is 0 Å². The number of aliphatic hydroxyl groups excluding tert-OH is 1. The minimum absolute atomic E-state index is 0.0443. The predicted octanol–water partition coefficient (Wildman–Crippen LogP) is 1.79. The number of amides is 3. The molecule has 4 heterocycles. The number of ether oxygens (including phenoxy) is 7. The van der Waals surface area contributed by atoms with Crippen molar-refractivity contribution in [1.82, 2.24) is 25.5 Å². The third-order valence-electron chi connectivity index (χ3n) is 11.9. The van der Waals surface area contributed by atoms with Crippen LogP contribution in [0.25, 0.3) is 0 Å². The van der Waals surface area contributed by atoms with E-state index in [0.29, 0.717) is 102 Å². The number of benzene rings is 1. The van der Waals surface area contributed by atoms with Gasteiger partial charge in [0.25, 0.3) is 0 Å². The van der Waals surface area contributed by atoms with Crippen molar-refractivity contribution >= 4 is 56.9 Å². The maximum Gasteiger partial charge on any atom is 0.470 e. The molecule has 75 heavy (non-hydrogen) atoms. The van der Waals surface area contributed by atoms with E-state index in [1.807, 2.05) is 11.8 Å². The number of carbonyl (C=O) groups is 4. The maximum atomic E-state index is 12.7. The number of carbonyl (C=O) groups excluding carboxylic acids is 4. The maximum absolute atomic E-state index is 12.7. The molecule has 3 saturated heterocycles. The van der Waals surface area contributed by atoms with Gasteiger partial charge in [-0.05, 0) is 56.2 Å². The second-order valence-electron chi connectivity index (χ2n) is 17.7. The molecule has 3 fully saturated rings. The van der Waals surface area contributed by atoms with E-state index in [1.54, 1.807) is 24.3 Å². The normalized spacial score (nSPS) is 21.4. The molecule has 0 spiro atoms. The van der Waals surface area contributed by atoms with E-state index in [4.69, 9.17) is 48.7 Å². The Bertz CT molecular complexity index is 2270. The van der Waals surface area contributed by atoms with Crippen LogP contribution in [0, 0.1) is 0 Å². The van der Waals surface area contributed by atoms with Gasteiger partial charge in [0, 0.05) is 61.6 Å². The van der Waals surface area contributed by atoms with E-state index in [-0.39, 0.29) is 80.1 Å². The second kappa shape index (κ2) is 32.0. The van der Waals surface area contributed by atoms with Crippen LogP contribution in [0.1, 0.15) is 81.6 Å². The first kappa shape index (κ1) is 61.8. The number of hydrogen-bond acceptors (Lipinski definition) is 20. The number of alkyl carbamates (subject to hydrolysis) is 1. The van der Waals surface area contributed by atoms with Crippen LogP contribution in [-0.4, -0.2) is 172 Å². The third-order valence-corrected chi connectivity index (χ3v) is 14.4. The molecule has 422 valence electrons. The Morgan fingerprint density at radius 2 is 1.45 bits per heavy atom. The molecule has 7 atom stereocenters. The number of aliphatic hydroxyl groups is 1. The van der Waals surface area contributed by atoms with Gasteiger partial charge in [0.2, 0.25) is 0 Å². The van der Waals surface area contributed by atoms with Crippen molar-refractivity contribution in [3.8, 4) is 5.75 Å². The fourth-order valence-corrected chi connectivity index (χ4v) is 10.6. The molecule has 5 rings (SSSR count). The number of nitrogens with zero attached hydrogens (tertiary/aromatic N) is 2. The molecule has 3 aliphatic rings. The number of nitrogens with two attached hydrogens (primary N) is 1. The lowest BCUT2D eigenvalue weighted by atomic mass is 10.0. The number of nitrogen functional groups attached to an aromatic ring is 1. The predicted molar refractivity (Wildman–Crippen MR) is 267 cm³/mol. The van der Waals surface area contributed by atoms with Gasteiger partial charge in [0.1, 0.15) is 48.1 Å². The first-order valence-corrected chi connectivity index (χ1v) is 28.8. The average molecular weight is 1130 g/mol. The van der Waals surface area contributed by atoms with Crippen LogP contribution in [0.3, 0.4) is 0 Å². The van der Waals surface area contributed by atoms with Crippen molar-refractivity contribution in [2.24, 2.45) is 0 Å². The van der Waals surface area contributed by atoms with E-state index < -0.39 is 58.6 Å². The second-order valence-corrected chi connectivity index (χ2v) is 21.4. The molecule has 3 aliphatic heterocycles. The number of urea groups is 1. The zero-order valence-electron chi connectivity index (χ0n) is 41.4. The fraction of sp³-hybridized carbons (Fsp3) is 0.689. The highest BCUT2D eigenvalue weighted by Gasteiger charge is 2.49. The highest BCUT2D eigenvalue weighted by atomic mass is 32.2. The summed E-state index contributed by atoms with van der Waals surface area (Å²) in [6.45, 7) is 2.63. The number of ketones is 2. The highest BCUT2D eigenvalue weighted by Crippen LogP contribution is 2.45. The molecule has 1 aromatic heterocycles. The number of phosphoric acid groups is 2. The summed E-state index contributed by atoms with van der Waals surface area (Å²) in [4.78, 5) is 101. The average Bonchev–Trinajstić information content (AvgIpc) is 4.01. The Kier molecular flexibility index (Phi) is 26.3. The van der Waals surface area contributed by atoms with Crippen LogP contribution in [-0.2, 0) is 69.2 Å². The van der Waals surface area contributed by atoms with Crippen LogP contribution < -0.4 is 32.1 Å². The largest absolute Gasteiger partial charge is 0.494 e. The molecule has 0 radical (unpaired) electrons. The van der Waals surface area contributed by atoms with Crippen molar-refractivity contribution in [1.29, 1.82) is 0 Å². The summed E-state index contributed by atoms with van der Waals surface area (Å²) in [7, 11) is -10.3. The lowest BCUT2D eigenvalue weighted by Crippen LogP contribution is -2.38. The SMILES string of the molecule is Nc1nc(=O)n([C@@H]2O[C@H](COP(=O)(O)O)[C@H](OP(=O)(O)O)C2O)cc1CCCNC(=O)OCc1ccc(OCCCC(=O)CCOCCOCCOCCOCCCC(=O)CCCC[C@@H]2SC[C@@H]3NC(=O)N[C@@H]32)cc1. The minimum atomic E-state index is -5.26. The van der Waals surface area contributed by atoms with Gasteiger partial charge < -0.3 is 79.5 Å². The first-order chi connectivity index (χ1) is 35.8. The molecular weight excluding hydrogens is 1050 g/mol. The first-order valence-electron chi connectivity index (χ1n) is 24.7. The monoisotopic (exact) mass is 1120 g/mol. The summed E-state index contributed by atoms with van der Waals surface area (Å²) < 4.78 is 71.1. The summed E-state index contributed by atoms with van der Waals surface area (Å²) >= 11 is 1.89. The van der Waals surface area contributed by atoms with Crippen LogP contribution >= 0.6 is 27.4 Å². The van der Waals surface area contributed by atoms with Crippen molar-refractivity contribution in [3.63, 3.8) is 0 Å². The highest BCUT2D eigenvalue weighted by molar-refractivity contribution is 8.00. The molecule has 2 aromatic rings. The summed E-state index contributed by atoms with van der Waals surface area (Å²) in [5.41, 5.74) is 5.86. The van der Waals surface area contributed by atoms with E-state index in [0.717, 1.165) is 29.6 Å². The summed E-state index contributed by atoms with van der Waals surface area (Å²) in [5, 5.41) is 19.7. The number of hydrogen-bond donors (Lipinski definition) is 9. The van der Waals surface area contributed by atoms with Crippen LogP contribution in [0.4, 0.5) is 15.4 Å². The Morgan fingerprint density at radius 3 is 2.13 bits per heavy atom. The molecule has 0 bridgehead atoms. The summed E-state index contributed by atoms with van der Waals surface area (Å²) in [6.07, 6.45) is -0.458. The lowest BCUT2D eigenvalue weighted by molar-refractivity contribution is -0.121. The van der Waals surface area contributed by atoms with Crippen LogP contribution in [0.2, 0.25) is 0 Å². The molecule has 10 N–H and O–H groups in total. The van der Waals surface area contributed by atoms with Gasteiger partial charge in [0.15, 0.2) is 6.23 Å². The van der Waals surface area contributed by atoms with Gasteiger partial charge in [-0.2, -0.15) is 16.7 Å². The fourth-order valence-electron chi connectivity index (χ4n) is 8.13. The van der Waals surface area contributed by atoms with E-state index >= 15 is 0 Å². The van der Waals surface area contributed by atoms with Gasteiger partial charge >= 0.3 is 33.5 Å². The number of nitrogens with one attached hydrogen (secondary N) is 3. The van der Waals surface area contributed by atoms with Crippen molar-refractivity contribution in [3.05, 3.63) is 52.1 Å². The molecule has 30 heteroatoms. The lowest BCUT2D eigenvalue weighted by Gasteiger charge is -2.21. The standard InChI is InChI=1S/C45H70N6O21P2S/c46-41-31(26-51(44(56)50-41)42-39(54)40(72-74(61,62)63)36(71-42)28-70-73(58,59)60)6-3-16-47-45(57)69-27-30-11-13-34(14-12-30)68-18-5-9-33(53)15-19-65-21-23-67-25-24-66-22-20-64-17-4-8-32(52)7-1-2-10-37-38-35(29-75-37)48-43(55)49-38/h11-14,26,35-40,42,54H,1-10,15-25,27-29H2,(H,47,57)(H2,46,50,56)(H2,48,49,55)(H2,58,59,60)(H2,61,62,63)/t35-,36+,37-,38-,39?,40-,42+/m0/s1. The zero-order valence-corrected chi connectivity index (χ0v) is 44.0. The van der Waals surface area contributed by atoms with E-state index in [9.17, 15) is 48.0 Å². The smallest absolute Gasteiger partial charge is 0.470 e. The Hall–Kier alpha value is -4.09. The Morgan fingerprint density at radius 1 is 0.813 bits per heavy atom. The molecule has 0 aliphatic carbocycles. The molecule has 0 saturated carbocycles. The molecule has 3 amide bonds. The Balaban J connectivity index is 0.807. The number of thioether (sulfide) groups is 1.